The molecule has 0 heterocycles. The van der Waals surface area contributed by atoms with Crippen LogP contribution in [0.3, 0.4) is 0 Å². The summed E-state index contributed by atoms with van der Waals surface area (Å²) in [5.41, 5.74) is 0.818. The van der Waals surface area contributed by atoms with E-state index in [1.807, 2.05) is 12.1 Å². The summed E-state index contributed by atoms with van der Waals surface area (Å²) in [6.45, 7) is 2.25. The molecular formula is C18H16O5. The molecule has 0 aliphatic rings. The molecule has 5 heteroatoms. The Morgan fingerprint density at radius 3 is 2.17 bits per heavy atom. The molecule has 0 unspecified atom stereocenters. The number of aliphatic carboxylic acids is 1. The maximum atomic E-state index is 11.6. The summed E-state index contributed by atoms with van der Waals surface area (Å²) in [4.78, 5) is 33.8. The highest BCUT2D eigenvalue weighted by molar-refractivity contribution is 6.22. The second-order valence-electron chi connectivity index (χ2n) is 5.05. The van der Waals surface area contributed by atoms with Gasteiger partial charge >= 0.3 is 5.97 Å². The van der Waals surface area contributed by atoms with E-state index in [1.165, 1.54) is 13.8 Å². The van der Waals surface area contributed by atoms with Crippen LogP contribution in [-0.2, 0) is 14.4 Å². The molecular weight excluding hydrogens is 296 g/mol. The van der Waals surface area contributed by atoms with Gasteiger partial charge in [-0.05, 0) is 36.9 Å². The number of carboxylic acid groups (broad SMARTS) is 1. The monoisotopic (exact) mass is 312 g/mol. The van der Waals surface area contributed by atoms with Crippen LogP contribution >= 0.6 is 0 Å². The van der Waals surface area contributed by atoms with Gasteiger partial charge in [0, 0.05) is 5.39 Å². The fourth-order valence-electron chi connectivity index (χ4n) is 2.29. The van der Waals surface area contributed by atoms with Gasteiger partial charge in [0.05, 0.1) is 5.57 Å². The molecule has 118 valence electrons. The Kier molecular flexibility index (Phi) is 4.91. The molecule has 0 spiro atoms. The minimum Gasteiger partial charge on any atom is -0.481 e. The Balaban J connectivity index is 2.57. The first kappa shape index (κ1) is 16.4. The number of carbonyl (C=O) groups excluding carboxylic acids is 2. The molecule has 2 rings (SSSR count). The summed E-state index contributed by atoms with van der Waals surface area (Å²) in [7, 11) is 0. The van der Waals surface area contributed by atoms with Gasteiger partial charge in [-0.15, -0.1) is 0 Å². The van der Waals surface area contributed by atoms with Crippen molar-refractivity contribution < 1.29 is 24.2 Å². The molecule has 0 atom stereocenters. The van der Waals surface area contributed by atoms with E-state index in [2.05, 4.69) is 0 Å². The number of hydrogen-bond donors (Lipinski definition) is 1. The Bertz CT molecular complexity index is 801. The van der Waals surface area contributed by atoms with Crippen LogP contribution in [0.5, 0.6) is 5.75 Å². The Morgan fingerprint density at radius 2 is 1.61 bits per heavy atom. The van der Waals surface area contributed by atoms with Gasteiger partial charge in [0.1, 0.15) is 5.75 Å². The normalized spacial score (nSPS) is 10.2. The van der Waals surface area contributed by atoms with Crippen LogP contribution in [0.4, 0.5) is 0 Å². The Morgan fingerprint density at radius 1 is 1.00 bits per heavy atom. The van der Waals surface area contributed by atoms with E-state index < -0.39 is 12.6 Å². The molecule has 5 nitrogen and oxygen atoms in total. The fraction of sp³-hybridized carbons (Fsp3) is 0.167. The number of carboxylic acids is 1. The maximum Gasteiger partial charge on any atom is 0.341 e. The summed E-state index contributed by atoms with van der Waals surface area (Å²) < 4.78 is 5.28. The molecule has 0 bridgehead atoms. The van der Waals surface area contributed by atoms with Gasteiger partial charge < -0.3 is 9.84 Å². The molecule has 0 aliphatic heterocycles. The van der Waals surface area contributed by atoms with Crippen LogP contribution < -0.4 is 4.74 Å². The molecule has 0 aromatic heterocycles. The molecule has 2 aromatic rings. The topological polar surface area (TPSA) is 80.7 Å². The van der Waals surface area contributed by atoms with Crippen LogP contribution in [-0.4, -0.2) is 29.2 Å². The van der Waals surface area contributed by atoms with Crippen LogP contribution in [0.1, 0.15) is 19.4 Å². The number of rotatable bonds is 6. The van der Waals surface area contributed by atoms with Crippen molar-refractivity contribution in [1.82, 2.24) is 0 Å². The van der Waals surface area contributed by atoms with Gasteiger partial charge in [-0.1, -0.05) is 30.3 Å². The summed E-state index contributed by atoms with van der Waals surface area (Å²) >= 11 is 0. The number of ether oxygens (including phenoxy) is 1. The van der Waals surface area contributed by atoms with Crippen LogP contribution in [0.15, 0.2) is 42.0 Å². The van der Waals surface area contributed by atoms with E-state index in [0.29, 0.717) is 16.7 Å². The van der Waals surface area contributed by atoms with Crippen molar-refractivity contribution in [1.29, 1.82) is 0 Å². The van der Waals surface area contributed by atoms with Gasteiger partial charge in [-0.2, -0.15) is 0 Å². The average molecular weight is 312 g/mol. The third kappa shape index (κ3) is 3.83. The summed E-state index contributed by atoms with van der Waals surface area (Å²) in [5, 5.41) is 10.2. The van der Waals surface area contributed by atoms with E-state index in [0.717, 1.165) is 5.39 Å². The first-order chi connectivity index (χ1) is 10.9. The number of ketones is 2. The zero-order valence-corrected chi connectivity index (χ0v) is 12.8. The van der Waals surface area contributed by atoms with Crippen molar-refractivity contribution in [3.05, 3.63) is 47.5 Å². The van der Waals surface area contributed by atoms with Crippen molar-refractivity contribution in [2.75, 3.05) is 6.61 Å². The van der Waals surface area contributed by atoms with E-state index in [-0.39, 0.29) is 17.1 Å². The standard InChI is InChI=1S/C18H16O5/c1-11(19)16(12(2)20)9-13-7-8-17(23-10-18(21)22)15-6-4-3-5-14(13)15/h3-9H,10H2,1-2H3,(H,21,22). The predicted octanol–water partition coefficient (Wildman–Crippen LogP) is 2.86. The van der Waals surface area contributed by atoms with Crippen molar-refractivity contribution in [3.63, 3.8) is 0 Å². The fourth-order valence-corrected chi connectivity index (χ4v) is 2.29. The largest absolute Gasteiger partial charge is 0.481 e. The Hall–Kier alpha value is -2.95. The van der Waals surface area contributed by atoms with Crippen LogP contribution in [0, 0.1) is 0 Å². The van der Waals surface area contributed by atoms with Crippen LogP contribution in [0.25, 0.3) is 16.8 Å². The highest BCUT2D eigenvalue weighted by Crippen LogP contribution is 2.30. The molecule has 0 saturated heterocycles. The van der Waals surface area contributed by atoms with E-state index >= 15 is 0 Å². The molecule has 0 saturated carbocycles. The number of benzene rings is 2. The second kappa shape index (κ2) is 6.87. The smallest absolute Gasteiger partial charge is 0.341 e. The number of fused-ring (bicyclic) bond motifs is 1. The first-order valence-corrected chi connectivity index (χ1v) is 7.00. The zero-order valence-electron chi connectivity index (χ0n) is 12.8. The molecule has 0 radical (unpaired) electrons. The number of allylic oxidation sites excluding steroid dienone is 1. The van der Waals surface area contributed by atoms with Gasteiger partial charge in [-0.3, -0.25) is 9.59 Å². The third-order valence-electron chi connectivity index (χ3n) is 3.33. The minimum atomic E-state index is -1.06. The maximum absolute atomic E-state index is 11.6. The van der Waals surface area contributed by atoms with Crippen molar-refractivity contribution in [3.8, 4) is 5.75 Å². The van der Waals surface area contributed by atoms with Crippen molar-refractivity contribution in [2.45, 2.75) is 13.8 Å². The quantitative estimate of drug-likeness (QED) is 0.504. The van der Waals surface area contributed by atoms with Gasteiger partial charge in [0.15, 0.2) is 18.2 Å². The van der Waals surface area contributed by atoms with Crippen LogP contribution in [0.2, 0.25) is 0 Å². The Labute approximate surface area is 133 Å². The lowest BCUT2D eigenvalue weighted by molar-refractivity contribution is -0.139. The molecule has 1 N–H and O–H groups in total. The van der Waals surface area contributed by atoms with Crippen molar-refractivity contribution in [2.24, 2.45) is 0 Å². The summed E-state index contributed by atoms with van der Waals surface area (Å²) in [6, 6.07) is 10.6. The number of carbonyl (C=O) groups is 3. The number of Topliss-reactive ketones (excluding diaryl/α,β-unsaturated/α-hetero) is 2. The predicted molar refractivity (Wildman–Crippen MR) is 86.4 cm³/mol. The first-order valence-electron chi connectivity index (χ1n) is 7.00. The molecule has 0 fully saturated rings. The molecule has 23 heavy (non-hydrogen) atoms. The highest BCUT2D eigenvalue weighted by Gasteiger charge is 2.12. The molecule has 0 amide bonds. The lowest BCUT2D eigenvalue weighted by Gasteiger charge is -2.10. The summed E-state index contributed by atoms with van der Waals surface area (Å²) in [6.07, 6.45) is 1.55. The molecule has 2 aromatic carbocycles. The zero-order chi connectivity index (χ0) is 17.0. The highest BCUT2D eigenvalue weighted by atomic mass is 16.5. The number of hydrogen-bond acceptors (Lipinski definition) is 4. The third-order valence-corrected chi connectivity index (χ3v) is 3.33. The van der Waals surface area contributed by atoms with Gasteiger partial charge in [0.2, 0.25) is 0 Å². The van der Waals surface area contributed by atoms with E-state index in [4.69, 9.17) is 9.84 Å². The second-order valence-corrected chi connectivity index (χ2v) is 5.05. The lowest BCUT2D eigenvalue weighted by atomic mass is 9.99. The van der Waals surface area contributed by atoms with Gasteiger partial charge in [0.25, 0.3) is 0 Å². The lowest BCUT2D eigenvalue weighted by Crippen LogP contribution is -2.09. The summed E-state index contributed by atoms with van der Waals surface area (Å²) in [5.74, 6) is -1.22. The van der Waals surface area contributed by atoms with Crippen molar-refractivity contribution >= 4 is 34.4 Å². The SMILES string of the molecule is CC(=O)C(=Cc1ccc(OCC(=O)O)c2ccccc12)C(C)=O. The van der Waals surface area contributed by atoms with Gasteiger partial charge in [-0.25, -0.2) is 4.79 Å². The average Bonchev–Trinajstić information content (AvgIpc) is 2.50. The van der Waals surface area contributed by atoms with E-state index in [9.17, 15) is 14.4 Å². The minimum absolute atomic E-state index is 0.120. The molecule has 0 aliphatic carbocycles. The van der Waals surface area contributed by atoms with E-state index in [1.54, 1.807) is 30.3 Å².